The number of benzene rings is 3. The van der Waals surface area contributed by atoms with E-state index >= 15 is 0 Å². The SMILES string of the molecule is COc1ccc(CNc2c(C)c(C)c3c(c2C)C(c2ccccc2)C(C)(C)O3)cc1. The van der Waals surface area contributed by atoms with Gasteiger partial charge in [-0.1, -0.05) is 42.5 Å². The molecule has 1 unspecified atom stereocenters. The minimum absolute atomic E-state index is 0.203. The van der Waals surface area contributed by atoms with E-state index in [0.29, 0.717) is 0 Å². The van der Waals surface area contributed by atoms with Crippen molar-refractivity contribution in [2.24, 2.45) is 0 Å². The summed E-state index contributed by atoms with van der Waals surface area (Å²) in [4.78, 5) is 0. The normalized spacial score (nSPS) is 16.7. The minimum Gasteiger partial charge on any atom is -0.497 e. The molecular weight excluding hydrogens is 370 g/mol. The van der Waals surface area contributed by atoms with Crippen molar-refractivity contribution >= 4 is 5.69 Å². The van der Waals surface area contributed by atoms with Crippen LogP contribution in [0.4, 0.5) is 5.69 Å². The first-order valence-corrected chi connectivity index (χ1v) is 10.6. The molecule has 1 atom stereocenters. The van der Waals surface area contributed by atoms with Crippen LogP contribution in [0, 0.1) is 20.8 Å². The van der Waals surface area contributed by atoms with Gasteiger partial charge < -0.3 is 14.8 Å². The maximum atomic E-state index is 6.56. The van der Waals surface area contributed by atoms with Crippen LogP contribution in [0.5, 0.6) is 11.5 Å². The molecule has 3 aromatic carbocycles. The van der Waals surface area contributed by atoms with Crippen molar-refractivity contribution in [2.75, 3.05) is 12.4 Å². The Labute approximate surface area is 180 Å². The maximum Gasteiger partial charge on any atom is 0.127 e. The minimum atomic E-state index is -0.291. The molecule has 0 saturated carbocycles. The second kappa shape index (κ2) is 7.71. The zero-order valence-corrected chi connectivity index (χ0v) is 18.8. The zero-order valence-electron chi connectivity index (χ0n) is 18.8. The average Bonchev–Trinajstić information content (AvgIpc) is 3.04. The van der Waals surface area contributed by atoms with E-state index in [1.165, 1.54) is 39.1 Å². The van der Waals surface area contributed by atoms with Crippen molar-refractivity contribution in [3.63, 3.8) is 0 Å². The Morgan fingerprint density at radius 3 is 2.20 bits per heavy atom. The van der Waals surface area contributed by atoms with Crippen LogP contribution >= 0.6 is 0 Å². The van der Waals surface area contributed by atoms with E-state index in [0.717, 1.165) is 18.0 Å². The van der Waals surface area contributed by atoms with Gasteiger partial charge in [0.1, 0.15) is 17.1 Å². The Kier molecular flexibility index (Phi) is 5.23. The van der Waals surface area contributed by atoms with E-state index in [-0.39, 0.29) is 11.5 Å². The van der Waals surface area contributed by atoms with E-state index < -0.39 is 0 Å². The number of anilines is 1. The predicted molar refractivity (Wildman–Crippen MR) is 124 cm³/mol. The molecule has 0 amide bonds. The molecule has 0 aliphatic carbocycles. The predicted octanol–water partition coefficient (Wildman–Crippen LogP) is 6.54. The lowest BCUT2D eigenvalue weighted by molar-refractivity contribution is 0.121. The largest absolute Gasteiger partial charge is 0.497 e. The van der Waals surface area contributed by atoms with Crippen LogP contribution in [-0.4, -0.2) is 12.7 Å². The van der Waals surface area contributed by atoms with Crippen LogP contribution in [-0.2, 0) is 6.54 Å². The van der Waals surface area contributed by atoms with Crippen molar-refractivity contribution in [3.05, 3.63) is 88.0 Å². The van der Waals surface area contributed by atoms with E-state index in [2.05, 4.69) is 82.4 Å². The summed E-state index contributed by atoms with van der Waals surface area (Å²) in [6.07, 6.45) is 0. The smallest absolute Gasteiger partial charge is 0.127 e. The average molecular weight is 402 g/mol. The monoisotopic (exact) mass is 401 g/mol. The third-order valence-electron chi connectivity index (χ3n) is 6.41. The zero-order chi connectivity index (χ0) is 21.5. The number of ether oxygens (including phenoxy) is 2. The summed E-state index contributed by atoms with van der Waals surface area (Å²) in [5.41, 5.74) is 8.51. The highest BCUT2D eigenvalue weighted by Crippen LogP contribution is 2.53. The van der Waals surface area contributed by atoms with Crippen LogP contribution in [0.15, 0.2) is 54.6 Å². The van der Waals surface area contributed by atoms with Crippen LogP contribution in [0.3, 0.4) is 0 Å². The Balaban J connectivity index is 1.74. The van der Waals surface area contributed by atoms with Gasteiger partial charge in [0, 0.05) is 17.8 Å². The first kappa shape index (κ1) is 20.3. The summed E-state index contributed by atoms with van der Waals surface area (Å²) in [5.74, 6) is 2.14. The first-order chi connectivity index (χ1) is 14.3. The van der Waals surface area contributed by atoms with Gasteiger partial charge in [0.05, 0.1) is 13.0 Å². The van der Waals surface area contributed by atoms with Crippen LogP contribution in [0.1, 0.15) is 53.1 Å². The summed E-state index contributed by atoms with van der Waals surface area (Å²) in [6.45, 7) is 11.7. The molecule has 0 saturated heterocycles. The molecule has 4 rings (SSSR count). The topological polar surface area (TPSA) is 30.5 Å². The fraction of sp³-hybridized carbons (Fsp3) is 0.333. The molecule has 3 nitrogen and oxygen atoms in total. The van der Waals surface area contributed by atoms with Crippen molar-refractivity contribution < 1.29 is 9.47 Å². The first-order valence-electron chi connectivity index (χ1n) is 10.6. The molecule has 156 valence electrons. The highest BCUT2D eigenvalue weighted by atomic mass is 16.5. The molecule has 0 aromatic heterocycles. The van der Waals surface area contributed by atoms with Crippen molar-refractivity contribution in [1.29, 1.82) is 0 Å². The molecule has 0 bridgehead atoms. The Hall–Kier alpha value is -2.94. The quantitative estimate of drug-likeness (QED) is 0.527. The Morgan fingerprint density at radius 2 is 1.57 bits per heavy atom. The highest BCUT2D eigenvalue weighted by Gasteiger charge is 2.44. The Bertz CT molecular complexity index is 1050. The lowest BCUT2D eigenvalue weighted by atomic mass is 9.78. The molecule has 0 fully saturated rings. The van der Waals surface area contributed by atoms with E-state index in [1.54, 1.807) is 7.11 Å². The molecule has 1 aliphatic rings. The van der Waals surface area contributed by atoms with Gasteiger partial charge in [0.2, 0.25) is 0 Å². The summed E-state index contributed by atoms with van der Waals surface area (Å²) in [7, 11) is 1.69. The van der Waals surface area contributed by atoms with Crippen molar-refractivity contribution in [1.82, 2.24) is 0 Å². The lowest BCUT2D eigenvalue weighted by Gasteiger charge is -2.27. The molecule has 1 aliphatic heterocycles. The third-order valence-corrected chi connectivity index (χ3v) is 6.41. The van der Waals surface area contributed by atoms with E-state index in [4.69, 9.17) is 9.47 Å². The van der Waals surface area contributed by atoms with E-state index in [1.807, 2.05) is 12.1 Å². The van der Waals surface area contributed by atoms with Crippen LogP contribution in [0.2, 0.25) is 0 Å². The number of rotatable bonds is 5. The summed E-state index contributed by atoms with van der Waals surface area (Å²) in [6, 6.07) is 19.0. The second-order valence-electron chi connectivity index (χ2n) is 8.74. The van der Waals surface area contributed by atoms with Crippen molar-refractivity contribution in [3.8, 4) is 11.5 Å². The maximum absolute atomic E-state index is 6.56. The van der Waals surface area contributed by atoms with Gasteiger partial charge in [-0.25, -0.2) is 0 Å². The van der Waals surface area contributed by atoms with Gasteiger partial charge >= 0.3 is 0 Å². The summed E-state index contributed by atoms with van der Waals surface area (Å²) < 4.78 is 11.8. The second-order valence-corrected chi connectivity index (χ2v) is 8.74. The number of hydrogen-bond donors (Lipinski definition) is 1. The lowest BCUT2D eigenvalue weighted by Crippen LogP contribution is -2.31. The molecule has 0 radical (unpaired) electrons. The number of methoxy groups -OCH3 is 1. The number of hydrogen-bond acceptors (Lipinski definition) is 3. The molecule has 1 N–H and O–H groups in total. The van der Waals surface area contributed by atoms with Gasteiger partial charge in [-0.2, -0.15) is 0 Å². The van der Waals surface area contributed by atoms with Gasteiger partial charge in [0.25, 0.3) is 0 Å². The molecule has 1 heterocycles. The third kappa shape index (κ3) is 3.43. The fourth-order valence-corrected chi connectivity index (χ4v) is 4.71. The molecule has 30 heavy (non-hydrogen) atoms. The Morgan fingerprint density at radius 1 is 0.900 bits per heavy atom. The van der Waals surface area contributed by atoms with Gasteiger partial charge in [-0.15, -0.1) is 0 Å². The highest BCUT2D eigenvalue weighted by molar-refractivity contribution is 5.71. The fourth-order valence-electron chi connectivity index (χ4n) is 4.71. The number of fused-ring (bicyclic) bond motifs is 1. The van der Waals surface area contributed by atoms with Gasteiger partial charge in [-0.3, -0.25) is 0 Å². The standard InChI is InChI=1S/C27H31NO2/c1-17-18(2)26-23(24(27(4,5)30-26)21-10-8-7-9-11-21)19(3)25(17)28-16-20-12-14-22(29-6)15-13-20/h7-15,24,28H,16H2,1-6H3. The molecule has 0 spiro atoms. The van der Waals surface area contributed by atoms with Crippen molar-refractivity contribution in [2.45, 2.75) is 52.7 Å². The molecule has 3 heteroatoms. The summed E-state index contributed by atoms with van der Waals surface area (Å²) in [5, 5.41) is 3.71. The van der Waals surface area contributed by atoms with Crippen LogP contribution < -0.4 is 14.8 Å². The van der Waals surface area contributed by atoms with Crippen LogP contribution in [0.25, 0.3) is 0 Å². The molecular formula is C27H31NO2. The van der Waals surface area contributed by atoms with Gasteiger partial charge in [0.15, 0.2) is 0 Å². The van der Waals surface area contributed by atoms with Gasteiger partial charge in [-0.05, 0) is 74.6 Å². The summed E-state index contributed by atoms with van der Waals surface area (Å²) >= 11 is 0. The number of nitrogens with one attached hydrogen (secondary N) is 1. The van der Waals surface area contributed by atoms with E-state index in [9.17, 15) is 0 Å². The molecule has 3 aromatic rings.